The summed E-state index contributed by atoms with van der Waals surface area (Å²) in [5.41, 5.74) is 1.12. The van der Waals surface area contributed by atoms with Crippen molar-refractivity contribution < 1.29 is 13.2 Å². The summed E-state index contributed by atoms with van der Waals surface area (Å²) < 4.78 is 29.5. The van der Waals surface area contributed by atoms with Gasteiger partial charge in [-0.3, -0.25) is 0 Å². The molecule has 0 aromatic heterocycles. The number of rotatable bonds is 3. The molecule has 0 N–H and O–H groups in total. The molecule has 0 bridgehead atoms. The largest absolute Gasteiger partial charge is 0.378 e. The average molecular weight is 309 g/mol. The molecule has 3 rings (SSSR count). The fourth-order valence-electron chi connectivity index (χ4n) is 3.35. The van der Waals surface area contributed by atoms with Gasteiger partial charge in [-0.2, -0.15) is 0 Å². The van der Waals surface area contributed by atoms with Crippen molar-refractivity contribution in [3.8, 4) is 0 Å². The first-order chi connectivity index (χ1) is 10.1. The normalized spacial score (nSPS) is 26.4. The van der Waals surface area contributed by atoms with Crippen LogP contribution < -0.4 is 4.90 Å². The summed E-state index contributed by atoms with van der Waals surface area (Å²) in [6.07, 6.45) is 3.89. The van der Waals surface area contributed by atoms with Crippen LogP contribution in [-0.2, 0) is 14.6 Å². The molecule has 1 aromatic rings. The van der Waals surface area contributed by atoms with E-state index in [4.69, 9.17) is 4.74 Å². The number of nitrogens with zero attached hydrogens (tertiary/aromatic N) is 1. The van der Waals surface area contributed by atoms with Gasteiger partial charge in [0.2, 0.25) is 0 Å². The van der Waals surface area contributed by atoms with Gasteiger partial charge in [0.05, 0.1) is 16.8 Å². The van der Waals surface area contributed by atoms with Gasteiger partial charge in [-0.25, -0.2) is 8.42 Å². The molecule has 2 atom stereocenters. The highest BCUT2D eigenvalue weighted by Gasteiger charge is 2.32. The van der Waals surface area contributed by atoms with Crippen LogP contribution in [0, 0.1) is 5.92 Å². The number of piperidine rings is 1. The highest BCUT2D eigenvalue weighted by atomic mass is 32.2. The lowest BCUT2D eigenvalue weighted by atomic mass is 9.88. The number of ether oxygens (including phenoxy) is 1. The second-order valence-electron chi connectivity index (χ2n) is 5.94. The minimum Gasteiger partial charge on any atom is -0.378 e. The van der Waals surface area contributed by atoms with Gasteiger partial charge in [-0.1, -0.05) is 6.92 Å². The summed E-state index contributed by atoms with van der Waals surface area (Å²) in [7, 11) is -3.10. The minimum absolute atomic E-state index is 0.150. The molecular weight excluding hydrogens is 286 g/mol. The van der Waals surface area contributed by atoms with Crippen LogP contribution in [-0.4, -0.2) is 40.0 Å². The summed E-state index contributed by atoms with van der Waals surface area (Å²) in [5.74, 6) is 0.767. The molecule has 0 spiro atoms. The molecule has 2 heterocycles. The smallest absolute Gasteiger partial charge is 0.178 e. The molecule has 2 fully saturated rings. The first-order valence-electron chi connectivity index (χ1n) is 7.79. The Morgan fingerprint density at radius 1 is 1.24 bits per heavy atom. The molecule has 116 valence electrons. The molecule has 0 saturated carbocycles. The van der Waals surface area contributed by atoms with Crippen molar-refractivity contribution in [3.05, 3.63) is 24.3 Å². The topological polar surface area (TPSA) is 46.6 Å². The Labute approximate surface area is 127 Å². The fraction of sp³-hybridized carbons (Fsp3) is 0.625. The van der Waals surface area contributed by atoms with Gasteiger partial charge in [-0.15, -0.1) is 0 Å². The van der Waals surface area contributed by atoms with Crippen molar-refractivity contribution in [1.29, 1.82) is 0 Å². The molecule has 0 unspecified atom stereocenters. The lowest BCUT2D eigenvalue weighted by Crippen LogP contribution is -2.46. The molecule has 2 aliphatic heterocycles. The minimum atomic E-state index is -3.10. The van der Waals surface area contributed by atoms with E-state index in [0.717, 1.165) is 38.2 Å². The van der Waals surface area contributed by atoms with E-state index in [-0.39, 0.29) is 5.75 Å². The Morgan fingerprint density at radius 3 is 2.71 bits per heavy atom. The summed E-state index contributed by atoms with van der Waals surface area (Å²) in [4.78, 5) is 2.78. The maximum absolute atomic E-state index is 11.8. The lowest BCUT2D eigenvalue weighted by Gasteiger charge is -2.42. The summed E-state index contributed by atoms with van der Waals surface area (Å²) in [6, 6.07) is 7.34. The number of hydrogen-bond donors (Lipinski definition) is 0. The predicted molar refractivity (Wildman–Crippen MR) is 83.5 cm³/mol. The van der Waals surface area contributed by atoms with Crippen molar-refractivity contribution >= 4 is 15.5 Å². The van der Waals surface area contributed by atoms with E-state index >= 15 is 0 Å². The molecule has 1 aromatic carbocycles. The molecule has 4 nitrogen and oxygen atoms in total. The highest BCUT2D eigenvalue weighted by Crippen LogP contribution is 2.31. The second kappa shape index (κ2) is 5.97. The quantitative estimate of drug-likeness (QED) is 0.860. The molecule has 2 aliphatic rings. The lowest BCUT2D eigenvalue weighted by molar-refractivity contribution is -0.0357. The fourth-order valence-corrected chi connectivity index (χ4v) is 4.24. The number of anilines is 1. The van der Waals surface area contributed by atoms with E-state index in [2.05, 4.69) is 4.90 Å². The van der Waals surface area contributed by atoms with Gasteiger partial charge in [0.25, 0.3) is 0 Å². The summed E-state index contributed by atoms with van der Waals surface area (Å²) >= 11 is 0. The van der Waals surface area contributed by atoms with Crippen LogP contribution >= 0.6 is 0 Å². The number of fused-ring (bicyclic) bond motifs is 1. The third-order valence-electron chi connectivity index (χ3n) is 4.66. The Morgan fingerprint density at radius 2 is 2.00 bits per heavy atom. The van der Waals surface area contributed by atoms with Gasteiger partial charge in [0.15, 0.2) is 9.84 Å². The van der Waals surface area contributed by atoms with Crippen molar-refractivity contribution in [3.63, 3.8) is 0 Å². The van der Waals surface area contributed by atoms with E-state index in [9.17, 15) is 8.42 Å². The van der Waals surface area contributed by atoms with Crippen molar-refractivity contribution in [2.45, 2.75) is 37.2 Å². The highest BCUT2D eigenvalue weighted by molar-refractivity contribution is 7.91. The standard InChI is InChI=1S/C16H23NO3S/c1-2-21(18,19)15-7-5-14(6-8-15)17-10-9-16-13(12-17)4-3-11-20-16/h5-8,13,16H,2-4,9-12H2,1H3/t13-,16-/m0/s1. The maximum Gasteiger partial charge on any atom is 0.178 e. The summed E-state index contributed by atoms with van der Waals surface area (Å²) in [6.45, 7) is 4.59. The van der Waals surface area contributed by atoms with E-state index in [1.165, 1.54) is 6.42 Å². The Kier molecular flexibility index (Phi) is 4.22. The average Bonchev–Trinajstić information content (AvgIpc) is 2.54. The van der Waals surface area contributed by atoms with Crippen LogP contribution in [0.2, 0.25) is 0 Å². The number of hydrogen-bond acceptors (Lipinski definition) is 4. The van der Waals surface area contributed by atoms with Crippen LogP contribution in [0.5, 0.6) is 0 Å². The van der Waals surface area contributed by atoms with Gasteiger partial charge in [0, 0.05) is 31.3 Å². The number of benzene rings is 1. The van der Waals surface area contributed by atoms with Crippen molar-refractivity contribution in [2.75, 3.05) is 30.3 Å². The SMILES string of the molecule is CCS(=O)(=O)c1ccc(N2CC[C@@H]3OCCC[C@H]3C2)cc1. The first-order valence-corrected chi connectivity index (χ1v) is 9.45. The molecule has 0 amide bonds. The van der Waals surface area contributed by atoms with Gasteiger partial charge >= 0.3 is 0 Å². The van der Waals surface area contributed by atoms with Gasteiger partial charge < -0.3 is 9.64 Å². The Hall–Kier alpha value is -1.07. The molecular formula is C16H23NO3S. The van der Waals surface area contributed by atoms with E-state index in [1.54, 1.807) is 19.1 Å². The van der Waals surface area contributed by atoms with Crippen molar-refractivity contribution in [2.24, 2.45) is 5.92 Å². The molecule has 0 aliphatic carbocycles. The Balaban J connectivity index is 1.73. The van der Waals surface area contributed by atoms with Gasteiger partial charge in [0.1, 0.15) is 0 Å². The zero-order valence-corrected chi connectivity index (χ0v) is 13.3. The zero-order chi connectivity index (χ0) is 14.9. The van der Waals surface area contributed by atoms with Crippen LogP contribution in [0.4, 0.5) is 5.69 Å². The first kappa shape index (κ1) is 14.9. The van der Waals surface area contributed by atoms with Gasteiger partial charge in [-0.05, 0) is 43.5 Å². The van der Waals surface area contributed by atoms with Crippen LogP contribution in [0.3, 0.4) is 0 Å². The second-order valence-corrected chi connectivity index (χ2v) is 8.22. The van der Waals surface area contributed by atoms with E-state index in [1.807, 2.05) is 12.1 Å². The Bertz CT molecular complexity index is 582. The third-order valence-corrected chi connectivity index (χ3v) is 6.41. The van der Waals surface area contributed by atoms with E-state index in [0.29, 0.717) is 16.9 Å². The molecule has 2 saturated heterocycles. The molecule has 5 heteroatoms. The predicted octanol–water partition coefficient (Wildman–Crippen LogP) is 2.49. The molecule has 21 heavy (non-hydrogen) atoms. The molecule has 0 radical (unpaired) electrons. The monoisotopic (exact) mass is 309 g/mol. The van der Waals surface area contributed by atoms with Crippen molar-refractivity contribution in [1.82, 2.24) is 0 Å². The van der Waals surface area contributed by atoms with E-state index < -0.39 is 9.84 Å². The van der Waals surface area contributed by atoms with Crippen LogP contribution in [0.15, 0.2) is 29.2 Å². The third kappa shape index (κ3) is 3.09. The van der Waals surface area contributed by atoms with Crippen LogP contribution in [0.1, 0.15) is 26.2 Å². The van der Waals surface area contributed by atoms with Crippen LogP contribution in [0.25, 0.3) is 0 Å². The number of sulfone groups is 1. The zero-order valence-electron chi connectivity index (χ0n) is 12.5. The summed E-state index contributed by atoms with van der Waals surface area (Å²) in [5, 5.41) is 0. The maximum atomic E-state index is 11.8.